The second-order valence-electron chi connectivity index (χ2n) is 3.43. The van der Waals surface area contributed by atoms with Crippen molar-refractivity contribution in [3.8, 4) is 0 Å². The molecule has 0 N–H and O–H groups in total. The number of fused-ring (bicyclic) bond motifs is 1. The molecule has 2 heteroatoms. The van der Waals surface area contributed by atoms with Crippen LogP contribution >= 0.6 is 23.1 Å². The molecule has 0 aliphatic carbocycles. The molecule has 0 saturated carbocycles. The Bertz CT molecular complexity index is 406. The molecular weight excluding hydrogens is 208 g/mol. The highest BCUT2D eigenvalue weighted by atomic mass is 32.2. The first-order valence-electron chi connectivity index (χ1n) is 4.71. The summed E-state index contributed by atoms with van der Waals surface area (Å²) >= 11 is 3.87. The summed E-state index contributed by atoms with van der Waals surface area (Å²) in [4.78, 5) is 2.97. The minimum absolute atomic E-state index is 0.660. The van der Waals surface area contributed by atoms with E-state index in [9.17, 15) is 0 Å². The van der Waals surface area contributed by atoms with Crippen molar-refractivity contribution in [3.05, 3.63) is 52.2 Å². The zero-order chi connectivity index (χ0) is 9.38. The van der Waals surface area contributed by atoms with E-state index in [1.807, 2.05) is 23.1 Å². The molecule has 1 unspecified atom stereocenters. The van der Waals surface area contributed by atoms with E-state index in [-0.39, 0.29) is 0 Å². The Balaban J connectivity index is 1.92. The Hall–Kier alpha value is -0.730. The molecule has 0 spiro atoms. The van der Waals surface area contributed by atoms with Gasteiger partial charge in [-0.2, -0.15) is 0 Å². The average Bonchev–Trinajstić information content (AvgIpc) is 2.86. The van der Waals surface area contributed by atoms with Crippen LogP contribution in [0.3, 0.4) is 0 Å². The molecule has 70 valence electrons. The number of hydrogen-bond donors (Lipinski definition) is 0. The second-order valence-corrected chi connectivity index (χ2v) is 5.66. The number of benzene rings is 1. The molecule has 14 heavy (non-hydrogen) atoms. The summed E-state index contributed by atoms with van der Waals surface area (Å²) in [7, 11) is 0. The lowest BCUT2D eigenvalue weighted by Crippen LogP contribution is -1.87. The summed E-state index contributed by atoms with van der Waals surface area (Å²) in [5.41, 5.74) is 1.51. The van der Waals surface area contributed by atoms with E-state index in [4.69, 9.17) is 0 Å². The lowest BCUT2D eigenvalue weighted by atomic mass is 10.1. The van der Waals surface area contributed by atoms with Crippen molar-refractivity contribution in [3.63, 3.8) is 0 Å². The molecule has 0 nitrogen and oxygen atoms in total. The van der Waals surface area contributed by atoms with E-state index < -0.39 is 0 Å². The maximum atomic E-state index is 2.25. The van der Waals surface area contributed by atoms with E-state index in [2.05, 4.69) is 41.8 Å². The molecule has 2 heterocycles. The van der Waals surface area contributed by atoms with Crippen molar-refractivity contribution in [2.24, 2.45) is 0 Å². The molecular formula is C12H10S2. The van der Waals surface area contributed by atoms with E-state index in [1.165, 1.54) is 21.8 Å². The van der Waals surface area contributed by atoms with Crippen LogP contribution in [0.5, 0.6) is 0 Å². The molecule has 0 saturated heterocycles. The summed E-state index contributed by atoms with van der Waals surface area (Å²) in [6.45, 7) is 0. The smallest absolute Gasteiger partial charge is 0.0479 e. The Kier molecular flexibility index (Phi) is 2.11. The second kappa shape index (κ2) is 3.44. The van der Waals surface area contributed by atoms with Gasteiger partial charge in [0.1, 0.15) is 0 Å². The van der Waals surface area contributed by atoms with Crippen molar-refractivity contribution in [2.45, 2.75) is 16.6 Å². The normalized spacial score (nSPS) is 19.6. The predicted molar refractivity (Wildman–Crippen MR) is 63.1 cm³/mol. The van der Waals surface area contributed by atoms with Crippen LogP contribution in [0.4, 0.5) is 0 Å². The summed E-state index contributed by atoms with van der Waals surface area (Å²) in [6.07, 6.45) is 1.20. The van der Waals surface area contributed by atoms with E-state index in [0.29, 0.717) is 5.25 Å². The lowest BCUT2D eigenvalue weighted by molar-refractivity contribution is 0.970. The number of thioether (sulfide) groups is 1. The van der Waals surface area contributed by atoms with Crippen molar-refractivity contribution in [1.82, 2.24) is 0 Å². The Morgan fingerprint density at radius 3 is 2.79 bits per heavy atom. The molecule has 1 aliphatic heterocycles. The molecule has 1 aromatic carbocycles. The number of rotatable bonds is 1. The fourth-order valence-corrected chi connectivity index (χ4v) is 4.06. The van der Waals surface area contributed by atoms with Crippen molar-refractivity contribution in [1.29, 1.82) is 0 Å². The number of hydrogen-bond acceptors (Lipinski definition) is 2. The first kappa shape index (κ1) is 8.57. The highest BCUT2D eigenvalue weighted by molar-refractivity contribution is 8.00. The first-order valence-corrected chi connectivity index (χ1v) is 6.47. The monoisotopic (exact) mass is 218 g/mol. The van der Waals surface area contributed by atoms with Gasteiger partial charge in [-0.1, -0.05) is 24.3 Å². The highest BCUT2D eigenvalue weighted by Gasteiger charge is 2.23. The first-order chi connectivity index (χ1) is 6.93. The minimum Gasteiger partial charge on any atom is -0.148 e. The molecule has 1 atom stereocenters. The predicted octanol–water partition coefficient (Wildman–Crippen LogP) is 4.14. The van der Waals surface area contributed by atoms with Gasteiger partial charge in [-0.05, 0) is 29.5 Å². The zero-order valence-corrected chi connectivity index (χ0v) is 9.28. The van der Waals surface area contributed by atoms with Gasteiger partial charge in [-0.25, -0.2) is 0 Å². The van der Waals surface area contributed by atoms with Crippen LogP contribution in [0.1, 0.15) is 15.7 Å². The highest BCUT2D eigenvalue weighted by Crippen LogP contribution is 2.47. The van der Waals surface area contributed by atoms with Gasteiger partial charge in [-0.3, -0.25) is 0 Å². The van der Waals surface area contributed by atoms with Gasteiger partial charge in [0.15, 0.2) is 0 Å². The SMILES string of the molecule is c1csc(C2Cc3ccccc3S2)c1. The van der Waals surface area contributed by atoms with Crippen LogP contribution in [-0.2, 0) is 6.42 Å². The van der Waals surface area contributed by atoms with Crippen LogP contribution in [0, 0.1) is 0 Å². The minimum atomic E-state index is 0.660. The van der Waals surface area contributed by atoms with Gasteiger partial charge in [0.05, 0.1) is 0 Å². The van der Waals surface area contributed by atoms with Gasteiger partial charge in [0.25, 0.3) is 0 Å². The van der Waals surface area contributed by atoms with E-state index >= 15 is 0 Å². The maximum absolute atomic E-state index is 2.25. The molecule has 0 bridgehead atoms. The van der Waals surface area contributed by atoms with Crippen LogP contribution < -0.4 is 0 Å². The molecule has 0 fully saturated rings. The molecule has 3 rings (SSSR count). The van der Waals surface area contributed by atoms with Crippen LogP contribution in [-0.4, -0.2) is 0 Å². The third-order valence-electron chi connectivity index (χ3n) is 2.51. The quantitative estimate of drug-likeness (QED) is 0.693. The van der Waals surface area contributed by atoms with E-state index in [0.717, 1.165) is 0 Å². The van der Waals surface area contributed by atoms with Gasteiger partial charge in [0, 0.05) is 15.0 Å². The molecule has 1 aliphatic rings. The third kappa shape index (κ3) is 1.39. The van der Waals surface area contributed by atoms with Crippen molar-refractivity contribution < 1.29 is 0 Å². The Labute approximate surface area is 92.0 Å². The lowest BCUT2D eigenvalue weighted by Gasteiger charge is -2.03. The topological polar surface area (TPSA) is 0 Å². The van der Waals surface area contributed by atoms with Crippen LogP contribution in [0.2, 0.25) is 0 Å². The summed E-state index contributed by atoms with van der Waals surface area (Å²) < 4.78 is 0. The zero-order valence-electron chi connectivity index (χ0n) is 7.64. The van der Waals surface area contributed by atoms with Crippen LogP contribution in [0.15, 0.2) is 46.7 Å². The van der Waals surface area contributed by atoms with Gasteiger partial charge >= 0.3 is 0 Å². The molecule has 0 radical (unpaired) electrons. The standard InChI is InChI=1S/C12H10S2/c1-2-5-10-9(4-1)8-12(14-10)11-6-3-7-13-11/h1-7,12H,8H2. The molecule has 1 aromatic heterocycles. The maximum Gasteiger partial charge on any atom is 0.0479 e. The van der Waals surface area contributed by atoms with E-state index in [1.54, 1.807) is 0 Å². The number of thiophene rings is 1. The molecule has 0 amide bonds. The van der Waals surface area contributed by atoms with Gasteiger partial charge < -0.3 is 0 Å². The largest absolute Gasteiger partial charge is 0.148 e. The van der Waals surface area contributed by atoms with Crippen molar-refractivity contribution in [2.75, 3.05) is 0 Å². The fraction of sp³-hybridized carbons (Fsp3) is 0.167. The Morgan fingerprint density at radius 2 is 2.00 bits per heavy atom. The summed E-state index contributed by atoms with van der Waals surface area (Å²) in [5, 5.41) is 2.83. The fourth-order valence-electron chi connectivity index (χ4n) is 1.82. The third-order valence-corrected chi connectivity index (χ3v) is 5.00. The van der Waals surface area contributed by atoms with Crippen molar-refractivity contribution >= 4 is 23.1 Å². The van der Waals surface area contributed by atoms with Gasteiger partial charge in [0.2, 0.25) is 0 Å². The van der Waals surface area contributed by atoms with Gasteiger partial charge in [-0.15, -0.1) is 23.1 Å². The summed E-state index contributed by atoms with van der Waals surface area (Å²) in [6, 6.07) is 13.1. The molecule has 2 aromatic rings. The Morgan fingerprint density at radius 1 is 1.07 bits per heavy atom. The summed E-state index contributed by atoms with van der Waals surface area (Å²) in [5.74, 6) is 0. The average molecular weight is 218 g/mol. The van der Waals surface area contributed by atoms with Crippen LogP contribution in [0.25, 0.3) is 0 Å².